The summed E-state index contributed by atoms with van der Waals surface area (Å²) in [7, 11) is 0. The first-order valence-corrected chi connectivity index (χ1v) is 6.87. The Balaban J connectivity index is 2.00. The quantitative estimate of drug-likeness (QED) is 0.371. The first kappa shape index (κ1) is 12.9. The van der Waals surface area contributed by atoms with Gasteiger partial charge in [0.2, 0.25) is 0 Å². The summed E-state index contributed by atoms with van der Waals surface area (Å²) in [6.45, 7) is 2.26. The first-order valence-electron chi connectivity index (χ1n) is 6.08. The number of nitrogens with two attached hydrogens (primary N) is 1. The van der Waals surface area contributed by atoms with Crippen LogP contribution < -0.4 is 10.6 Å². The predicted molar refractivity (Wildman–Crippen MR) is 77.7 cm³/mol. The van der Waals surface area contributed by atoms with Crippen LogP contribution in [0.5, 0.6) is 0 Å². The normalized spacial score (nSPS) is 15.2. The van der Waals surface area contributed by atoms with Gasteiger partial charge in [0.05, 0.1) is 6.54 Å². The lowest BCUT2D eigenvalue weighted by Crippen LogP contribution is -2.35. The van der Waals surface area contributed by atoms with Gasteiger partial charge in [-0.05, 0) is 18.2 Å². The second kappa shape index (κ2) is 5.12. The average molecular weight is 337 g/mol. The summed E-state index contributed by atoms with van der Waals surface area (Å²) in [5, 5.41) is 20.0. The molecule has 0 amide bonds. The minimum Gasteiger partial charge on any atom is -0.409 e. The standard InChI is InChI=1S/C12H13BrN6O/c13-8-1-2-9(12(14)17-20)10(5-8)18-3-4-19-7-15-16-11(19)6-18/h1-2,5,7,20H,3-4,6H2,(H2,14,17). The van der Waals surface area contributed by atoms with Crippen molar-refractivity contribution in [3.8, 4) is 0 Å². The Labute approximate surface area is 123 Å². The molecule has 0 radical (unpaired) electrons. The van der Waals surface area contributed by atoms with E-state index in [1.165, 1.54) is 0 Å². The van der Waals surface area contributed by atoms with Gasteiger partial charge < -0.3 is 20.4 Å². The SMILES string of the molecule is N/C(=N/O)c1ccc(Br)cc1N1CCn2cnnc2C1. The maximum Gasteiger partial charge on any atom is 0.172 e. The molecule has 7 nitrogen and oxygen atoms in total. The molecule has 2 aromatic rings. The summed E-state index contributed by atoms with van der Waals surface area (Å²) in [6.07, 6.45) is 1.73. The Morgan fingerprint density at radius 1 is 1.40 bits per heavy atom. The fraction of sp³-hybridized carbons (Fsp3) is 0.250. The van der Waals surface area contributed by atoms with Crippen molar-refractivity contribution in [2.24, 2.45) is 10.9 Å². The topological polar surface area (TPSA) is 92.6 Å². The third kappa shape index (κ3) is 2.22. The highest BCUT2D eigenvalue weighted by molar-refractivity contribution is 9.10. The monoisotopic (exact) mass is 336 g/mol. The lowest BCUT2D eigenvalue weighted by atomic mass is 10.1. The Kier molecular flexibility index (Phi) is 3.31. The lowest BCUT2D eigenvalue weighted by molar-refractivity contribution is 0.318. The summed E-state index contributed by atoms with van der Waals surface area (Å²) in [5.41, 5.74) is 7.36. The zero-order chi connectivity index (χ0) is 14.1. The van der Waals surface area contributed by atoms with Crippen LogP contribution in [0.1, 0.15) is 11.4 Å². The second-order valence-corrected chi connectivity index (χ2v) is 5.42. The van der Waals surface area contributed by atoms with Crippen LogP contribution in [0.4, 0.5) is 5.69 Å². The van der Waals surface area contributed by atoms with E-state index in [-0.39, 0.29) is 5.84 Å². The number of hydrogen-bond donors (Lipinski definition) is 2. The lowest BCUT2D eigenvalue weighted by Gasteiger charge is -2.30. The number of rotatable bonds is 2. The van der Waals surface area contributed by atoms with Gasteiger partial charge in [-0.15, -0.1) is 10.2 Å². The smallest absolute Gasteiger partial charge is 0.172 e. The predicted octanol–water partition coefficient (Wildman–Crippen LogP) is 1.16. The summed E-state index contributed by atoms with van der Waals surface area (Å²) in [6, 6.07) is 5.65. The number of benzene rings is 1. The van der Waals surface area contributed by atoms with Gasteiger partial charge in [-0.3, -0.25) is 0 Å². The minimum absolute atomic E-state index is 0.0968. The van der Waals surface area contributed by atoms with Crippen LogP contribution in [0.2, 0.25) is 0 Å². The Bertz CT molecular complexity index is 668. The van der Waals surface area contributed by atoms with E-state index < -0.39 is 0 Å². The maximum atomic E-state index is 8.91. The van der Waals surface area contributed by atoms with Gasteiger partial charge in [0.15, 0.2) is 11.7 Å². The molecule has 0 saturated carbocycles. The fourth-order valence-electron chi connectivity index (χ4n) is 2.31. The largest absolute Gasteiger partial charge is 0.409 e. The molecule has 1 aliphatic rings. The fourth-order valence-corrected chi connectivity index (χ4v) is 2.66. The maximum absolute atomic E-state index is 8.91. The van der Waals surface area contributed by atoms with Crippen molar-refractivity contribution in [1.82, 2.24) is 14.8 Å². The van der Waals surface area contributed by atoms with E-state index in [9.17, 15) is 0 Å². The highest BCUT2D eigenvalue weighted by atomic mass is 79.9. The molecule has 3 rings (SSSR count). The molecule has 3 N–H and O–H groups in total. The molecule has 0 aliphatic carbocycles. The number of oxime groups is 1. The van der Waals surface area contributed by atoms with Gasteiger partial charge in [0.25, 0.3) is 0 Å². The molecule has 20 heavy (non-hydrogen) atoms. The van der Waals surface area contributed by atoms with Crippen LogP contribution >= 0.6 is 15.9 Å². The van der Waals surface area contributed by atoms with Crippen molar-refractivity contribution >= 4 is 27.5 Å². The van der Waals surface area contributed by atoms with Crippen molar-refractivity contribution in [2.75, 3.05) is 11.4 Å². The van der Waals surface area contributed by atoms with Crippen LogP contribution in [0.25, 0.3) is 0 Å². The third-order valence-corrected chi connectivity index (χ3v) is 3.82. The zero-order valence-electron chi connectivity index (χ0n) is 10.6. The Hall–Kier alpha value is -2.09. The second-order valence-electron chi connectivity index (χ2n) is 4.51. The minimum atomic E-state index is 0.0968. The summed E-state index contributed by atoms with van der Waals surface area (Å²) < 4.78 is 2.96. The van der Waals surface area contributed by atoms with Crippen molar-refractivity contribution in [2.45, 2.75) is 13.1 Å². The van der Waals surface area contributed by atoms with E-state index in [4.69, 9.17) is 10.9 Å². The molecular weight excluding hydrogens is 324 g/mol. The van der Waals surface area contributed by atoms with Gasteiger partial charge in [0, 0.05) is 28.8 Å². The van der Waals surface area contributed by atoms with Gasteiger partial charge in [-0.2, -0.15) is 0 Å². The number of aromatic nitrogens is 3. The highest BCUT2D eigenvalue weighted by Crippen LogP contribution is 2.27. The molecule has 104 valence electrons. The van der Waals surface area contributed by atoms with E-state index in [1.54, 1.807) is 6.33 Å². The van der Waals surface area contributed by atoms with E-state index in [1.807, 2.05) is 22.8 Å². The molecule has 0 atom stereocenters. The summed E-state index contributed by atoms with van der Waals surface area (Å²) in [4.78, 5) is 2.14. The Morgan fingerprint density at radius 3 is 3.05 bits per heavy atom. The number of anilines is 1. The number of halogens is 1. The third-order valence-electron chi connectivity index (χ3n) is 3.32. The van der Waals surface area contributed by atoms with E-state index in [0.717, 1.165) is 29.1 Å². The van der Waals surface area contributed by atoms with Gasteiger partial charge in [-0.25, -0.2) is 0 Å². The van der Waals surface area contributed by atoms with Crippen molar-refractivity contribution in [3.05, 3.63) is 40.4 Å². The van der Waals surface area contributed by atoms with Crippen LogP contribution in [0, 0.1) is 0 Å². The number of fused-ring (bicyclic) bond motifs is 1. The van der Waals surface area contributed by atoms with Crippen LogP contribution in [-0.2, 0) is 13.1 Å². The van der Waals surface area contributed by atoms with Crippen molar-refractivity contribution < 1.29 is 5.21 Å². The molecule has 0 unspecified atom stereocenters. The number of amidine groups is 1. The summed E-state index contributed by atoms with van der Waals surface area (Å²) in [5.74, 6) is 1.00. The van der Waals surface area contributed by atoms with Gasteiger partial charge in [0.1, 0.15) is 6.33 Å². The highest BCUT2D eigenvalue weighted by Gasteiger charge is 2.21. The molecule has 0 bridgehead atoms. The van der Waals surface area contributed by atoms with E-state index >= 15 is 0 Å². The molecular formula is C12H13BrN6O. The Morgan fingerprint density at radius 2 is 2.25 bits per heavy atom. The van der Waals surface area contributed by atoms with Gasteiger partial charge >= 0.3 is 0 Å². The number of nitrogens with zero attached hydrogens (tertiary/aromatic N) is 5. The molecule has 0 fully saturated rings. The average Bonchev–Trinajstić information content (AvgIpc) is 2.93. The van der Waals surface area contributed by atoms with Gasteiger partial charge in [-0.1, -0.05) is 21.1 Å². The van der Waals surface area contributed by atoms with E-state index in [2.05, 4.69) is 36.2 Å². The molecule has 1 aliphatic heterocycles. The van der Waals surface area contributed by atoms with E-state index in [0.29, 0.717) is 12.1 Å². The zero-order valence-corrected chi connectivity index (χ0v) is 12.2. The van der Waals surface area contributed by atoms with Crippen LogP contribution in [-0.4, -0.2) is 32.4 Å². The molecule has 0 spiro atoms. The molecule has 1 aromatic carbocycles. The number of hydrogen-bond acceptors (Lipinski definition) is 5. The van der Waals surface area contributed by atoms with Crippen molar-refractivity contribution in [3.63, 3.8) is 0 Å². The first-order chi connectivity index (χ1) is 9.69. The molecule has 8 heteroatoms. The van der Waals surface area contributed by atoms with Crippen molar-refractivity contribution in [1.29, 1.82) is 0 Å². The van der Waals surface area contributed by atoms with Crippen LogP contribution in [0.15, 0.2) is 34.2 Å². The molecule has 1 aromatic heterocycles. The summed E-state index contributed by atoms with van der Waals surface area (Å²) >= 11 is 3.46. The molecule has 2 heterocycles. The molecule has 0 saturated heterocycles. The van der Waals surface area contributed by atoms with Crippen LogP contribution in [0.3, 0.4) is 0 Å².